The molecule has 1 atom stereocenters. The normalized spacial score (nSPS) is 15.0. The number of aromatic amines is 1. The molecule has 7 heteroatoms. The Morgan fingerprint density at radius 2 is 2.09 bits per heavy atom. The number of nitrogens with two attached hydrogens (primary N) is 1. The van der Waals surface area contributed by atoms with Gasteiger partial charge in [-0.25, -0.2) is 0 Å². The van der Waals surface area contributed by atoms with Gasteiger partial charge < -0.3 is 11.1 Å². The van der Waals surface area contributed by atoms with E-state index in [1.807, 2.05) is 30.3 Å². The standard InChI is InChI=1S/C15H17BrN4O.ClH/c16-12-13(10-4-2-1-3-5-10)19-20-14(12)15(21)18-11(8-17)9-6-7-9;/h1-5,9,11H,6-8,17H2,(H,18,21)(H,19,20);1H. The van der Waals surface area contributed by atoms with E-state index in [9.17, 15) is 4.79 Å². The van der Waals surface area contributed by atoms with Gasteiger partial charge in [-0.15, -0.1) is 12.4 Å². The van der Waals surface area contributed by atoms with E-state index in [1.54, 1.807) is 0 Å². The largest absolute Gasteiger partial charge is 0.346 e. The zero-order valence-corrected chi connectivity index (χ0v) is 14.3. The first-order valence-corrected chi connectivity index (χ1v) is 7.80. The molecule has 0 bridgehead atoms. The van der Waals surface area contributed by atoms with Gasteiger partial charge in [0.05, 0.1) is 4.47 Å². The van der Waals surface area contributed by atoms with Gasteiger partial charge in [0.15, 0.2) is 0 Å². The minimum atomic E-state index is -0.168. The number of hydrogen-bond donors (Lipinski definition) is 3. The number of benzene rings is 1. The first kappa shape index (κ1) is 17.0. The molecule has 1 unspecified atom stereocenters. The van der Waals surface area contributed by atoms with Crippen LogP contribution in [-0.4, -0.2) is 28.7 Å². The predicted molar refractivity (Wildman–Crippen MR) is 92.0 cm³/mol. The van der Waals surface area contributed by atoms with Crippen molar-refractivity contribution in [3.8, 4) is 11.3 Å². The number of hydrogen-bond acceptors (Lipinski definition) is 3. The Bertz CT molecular complexity index is 642. The summed E-state index contributed by atoms with van der Waals surface area (Å²) in [5.74, 6) is 0.355. The highest BCUT2D eigenvalue weighted by Gasteiger charge is 2.32. The number of nitrogens with one attached hydrogen (secondary N) is 2. The predicted octanol–water partition coefficient (Wildman–Crippen LogP) is 2.73. The minimum Gasteiger partial charge on any atom is -0.346 e. The second-order valence-corrected chi connectivity index (χ2v) is 6.07. The van der Waals surface area contributed by atoms with Crippen molar-refractivity contribution in [3.05, 3.63) is 40.5 Å². The maximum atomic E-state index is 12.3. The lowest BCUT2D eigenvalue weighted by Gasteiger charge is -2.15. The molecular weight excluding hydrogens is 368 g/mol. The van der Waals surface area contributed by atoms with Gasteiger partial charge in [0.1, 0.15) is 11.4 Å². The Hall–Kier alpha value is -1.37. The van der Waals surface area contributed by atoms with Crippen LogP contribution in [-0.2, 0) is 0 Å². The number of carbonyl (C=O) groups excluding carboxylic acids is 1. The van der Waals surface area contributed by atoms with Crippen molar-refractivity contribution in [2.75, 3.05) is 6.54 Å². The van der Waals surface area contributed by atoms with Gasteiger partial charge in [0.25, 0.3) is 5.91 Å². The molecule has 0 aliphatic heterocycles. The van der Waals surface area contributed by atoms with Crippen molar-refractivity contribution in [1.29, 1.82) is 0 Å². The van der Waals surface area contributed by atoms with Crippen LogP contribution < -0.4 is 11.1 Å². The molecule has 22 heavy (non-hydrogen) atoms. The molecule has 1 aromatic heterocycles. The van der Waals surface area contributed by atoms with Crippen molar-refractivity contribution < 1.29 is 4.79 Å². The zero-order valence-electron chi connectivity index (χ0n) is 11.9. The van der Waals surface area contributed by atoms with Crippen LogP contribution in [0, 0.1) is 5.92 Å². The molecule has 0 spiro atoms. The molecule has 1 amide bonds. The number of amides is 1. The lowest BCUT2D eigenvalue weighted by molar-refractivity contribution is 0.0927. The van der Waals surface area contributed by atoms with E-state index in [0.717, 1.165) is 24.1 Å². The van der Waals surface area contributed by atoms with Crippen molar-refractivity contribution in [3.63, 3.8) is 0 Å². The van der Waals surface area contributed by atoms with Gasteiger partial charge in [-0.2, -0.15) is 5.10 Å². The first-order chi connectivity index (χ1) is 10.2. The van der Waals surface area contributed by atoms with E-state index in [0.29, 0.717) is 22.6 Å². The molecular formula is C15H18BrClN4O. The third-order valence-electron chi connectivity index (χ3n) is 3.74. The van der Waals surface area contributed by atoms with Gasteiger partial charge >= 0.3 is 0 Å². The monoisotopic (exact) mass is 384 g/mol. The Morgan fingerprint density at radius 1 is 1.41 bits per heavy atom. The maximum absolute atomic E-state index is 12.3. The summed E-state index contributed by atoms with van der Waals surface area (Å²) >= 11 is 3.47. The molecule has 2 aromatic rings. The first-order valence-electron chi connectivity index (χ1n) is 7.01. The highest BCUT2D eigenvalue weighted by molar-refractivity contribution is 9.10. The Morgan fingerprint density at radius 3 is 2.68 bits per heavy atom. The molecule has 0 radical (unpaired) electrons. The van der Waals surface area contributed by atoms with Crippen LogP contribution in [0.1, 0.15) is 23.3 Å². The fourth-order valence-electron chi connectivity index (χ4n) is 2.37. The van der Waals surface area contributed by atoms with Crippen molar-refractivity contribution in [2.45, 2.75) is 18.9 Å². The SMILES string of the molecule is Cl.NCC(NC(=O)c1[nH]nc(-c2ccccc2)c1Br)C1CC1. The van der Waals surface area contributed by atoms with Crippen molar-refractivity contribution in [1.82, 2.24) is 15.5 Å². The van der Waals surface area contributed by atoms with Crippen LogP contribution in [0.4, 0.5) is 0 Å². The van der Waals surface area contributed by atoms with E-state index in [-0.39, 0.29) is 24.4 Å². The molecule has 1 aliphatic rings. The summed E-state index contributed by atoms with van der Waals surface area (Å²) in [6.45, 7) is 0.466. The Balaban J connectivity index is 0.00000176. The Kier molecular flexibility index (Phi) is 5.61. The van der Waals surface area contributed by atoms with Gasteiger partial charge in [-0.3, -0.25) is 9.89 Å². The van der Waals surface area contributed by atoms with Crippen molar-refractivity contribution >= 4 is 34.2 Å². The number of carbonyl (C=O) groups is 1. The van der Waals surface area contributed by atoms with Crippen LogP contribution >= 0.6 is 28.3 Å². The molecule has 5 nitrogen and oxygen atoms in total. The minimum absolute atomic E-state index is 0. The second-order valence-electron chi connectivity index (χ2n) is 5.28. The van der Waals surface area contributed by atoms with E-state index in [4.69, 9.17) is 5.73 Å². The number of nitrogens with zero attached hydrogens (tertiary/aromatic N) is 1. The lowest BCUT2D eigenvalue weighted by atomic mass is 10.1. The molecule has 4 N–H and O–H groups in total. The van der Waals surface area contributed by atoms with Crippen LogP contribution in [0.15, 0.2) is 34.8 Å². The molecule has 1 fully saturated rings. The lowest BCUT2D eigenvalue weighted by Crippen LogP contribution is -2.42. The highest BCUT2D eigenvalue weighted by atomic mass is 79.9. The van der Waals surface area contributed by atoms with Crippen molar-refractivity contribution in [2.24, 2.45) is 11.7 Å². The van der Waals surface area contributed by atoms with Gasteiger partial charge in [-0.1, -0.05) is 30.3 Å². The van der Waals surface area contributed by atoms with E-state index in [1.165, 1.54) is 0 Å². The molecule has 1 heterocycles. The summed E-state index contributed by atoms with van der Waals surface area (Å²) < 4.78 is 0.678. The quantitative estimate of drug-likeness (QED) is 0.740. The number of H-pyrrole nitrogens is 1. The molecule has 1 saturated carbocycles. The smallest absolute Gasteiger partial charge is 0.270 e. The van der Waals surface area contributed by atoms with Gasteiger partial charge in [0, 0.05) is 18.2 Å². The summed E-state index contributed by atoms with van der Waals surface area (Å²) in [5, 5.41) is 10.0. The summed E-state index contributed by atoms with van der Waals surface area (Å²) in [7, 11) is 0. The topological polar surface area (TPSA) is 83.8 Å². The number of halogens is 2. The average Bonchev–Trinajstić information content (AvgIpc) is 3.28. The number of aromatic nitrogens is 2. The van der Waals surface area contributed by atoms with Crippen LogP contribution in [0.2, 0.25) is 0 Å². The summed E-state index contributed by atoms with van der Waals surface area (Å²) in [6.07, 6.45) is 2.28. The second kappa shape index (κ2) is 7.26. The number of rotatable bonds is 5. The van der Waals surface area contributed by atoms with E-state index in [2.05, 4.69) is 31.4 Å². The maximum Gasteiger partial charge on any atom is 0.270 e. The fourth-order valence-corrected chi connectivity index (χ4v) is 2.96. The third-order valence-corrected chi connectivity index (χ3v) is 4.51. The highest BCUT2D eigenvalue weighted by Crippen LogP contribution is 2.33. The molecule has 1 aliphatic carbocycles. The van der Waals surface area contributed by atoms with Crippen LogP contribution in [0.3, 0.4) is 0 Å². The van der Waals surface area contributed by atoms with Crippen LogP contribution in [0.5, 0.6) is 0 Å². The molecule has 1 aromatic carbocycles. The summed E-state index contributed by atoms with van der Waals surface area (Å²) in [6, 6.07) is 9.78. The van der Waals surface area contributed by atoms with E-state index >= 15 is 0 Å². The third kappa shape index (κ3) is 3.51. The van der Waals surface area contributed by atoms with Crippen LogP contribution in [0.25, 0.3) is 11.3 Å². The average molecular weight is 386 g/mol. The molecule has 118 valence electrons. The van der Waals surface area contributed by atoms with E-state index < -0.39 is 0 Å². The van der Waals surface area contributed by atoms with Gasteiger partial charge in [-0.05, 0) is 34.7 Å². The summed E-state index contributed by atoms with van der Waals surface area (Å²) in [5.41, 5.74) is 7.85. The zero-order chi connectivity index (χ0) is 14.8. The molecule has 0 saturated heterocycles. The molecule has 3 rings (SSSR count). The van der Waals surface area contributed by atoms with Gasteiger partial charge in [0.2, 0.25) is 0 Å². The fraction of sp³-hybridized carbons (Fsp3) is 0.333. The Labute approximate surface area is 143 Å². The summed E-state index contributed by atoms with van der Waals surface area (Å²) in [4.78, 5) is 12.3.